The molecule has 2 unspecified atom stereocenters. The number of carbonyl (C=O) groups is 1. The Morgan fingerprint density at radius 2 is 2.15 bits per heavy atom. The summed E-state index contributed by atoms with van der Waals surface area (Å²) in [5, 5.41) is 0. The maximum absolute atomic E-state index is 12.6. The Kier molecular flexibility index (Phi) is 6.30. The first-order valence-corrected chi connectivity index (χ1v) is 6.81. The second-order valence-electron chi connectivity index (χ2n) is 5.21. The Hall–Kier alpha value is -1.26. The summed E-state index contributed by atoms with van der Waals surface area (Å²) in [7, 11) is 1.59. The van der Waals surface area contributed by atoms with Gasteiger partial charge in [-0.1, -0.05) is 12.1 Å². The average molecular weight is 299 g/mol. The van der Waals surface area contributed by atoms with Gasteiger partial charge in [0.05, 0.1) is 12.7 Å². The molecule has 1 aliphatic heterocycles. The molecule has 1 fully saturated rings. The van der Waals surface area contributed by atoms with Gasteiger partial charge in [-0.05, 0) is 37.8 Å². The van der Waals surface area contributed by atoms with Crippen molar-refractivity contribution >= 4 is 18.3 Å². The van der Waals surface area contributed by atoms with Crippen LogP contribution in [0.25, 0.3) is 0 Å². The van der Waals surface area contributed by atoms with Crippen molar-refractivity contribution in [3.8, 4) is 5.75 Å². The Bertz CT molecular complexity index is 451. The Balaban J connectivity index is 0.00000200. The first kappa shape index (κ1) is 16.8. The predicted molar refractivity (Wildman–Crippen MR) is 82.5 cm³/mol. The highest BCUT2D eigenvalue weighted by Crippen LogP contribution is 2.24. The number of carbonyl (C=O) groups excluding carboxylic acids is 1. The number of hydrogen-bond donors (Lipinski definition) is 1. The van der Waals surface area contributed by atoms with Crippen molar-refractivity contribution < 1.29 is 9.53 Å². The van der Waals surface area contributed by atoms with Gasteiger partial charge in [-0.3, -0.25) is 4.79 Å². The van der Waals surface area contributed by atoms with Crippen LogP contribution in [0.15, 0.2) is 24.3 Å². The van der Waals surface area contributed by atoms with Gasteiger partial charge >= 0.3 is 0 Å². The number of benzene rings is 1. The highest BCUT2D eigenvalue weighted by Gasteiger charge is 2.27. The summed E-state index contributed by atoms with van der Waals surface area (Å²) >= 11 is 0. The lowest BCUT2D eigenvalue weighted by atomic mass is 9.92. The molecule has 0 saturated carbocycles. The van der Waals surface area contributed by atoms with Gasteiger partial charge in [0.1, 0.15) is 5.75 Å². The van der Waals surface area contributed by atoms with Crippen LogP contribution in [0, 0.1) is 5.92 Å². The van der Waals surface area contributed by atoms with Crippen LogP contribution >= 0.6 is 12.4 Å². The van der Waals surface area contributed by atoms with Crippen molar-refractivity contribution in [3.63, 3.8) is 0 Å². The van der Waals surface area contributed by atoms with E-state index in [0.717, 1.165) is 25.9 Å². The molecule has 0 aromatic heterocycles. The van der Waals surface area contributed by atoms with E-state index in [1.807, 2.05) is 36.1 Å². The van der Waals surface area contributed by atoms with Crippen molar-refractivity contribution in [2.24, 2.45) is 11.7 Å². The van der Waals surface area contributed by atoms with Gasteiger partial charge in [0, 0.05) is 19.1 Å². The van der Waals surface area contributed by atoms with E-state index >= 15 is 0 Å². The van der Waals surface area contributed by atoms with Crippen LogP contribution in [0.3, 0.4) is 0 Å². The molecule has 2 rings (SSSR count). The summed E-state index contributed by atoms with van der Waals surface area (Å²) in [5.74, 6) is 1.07. The number of rotatable bonds is 3. The van der Waals surface area contributed by atoms with Crippen molar-refractivity contribution in [3.05, 3.63) is 29.8 Å². The number of amides is 1. The zero-order valence-electron chi connectivity index (χ0n) is 12.0. The molecule has 1 heterocycles. The van der Waals surface area contributed by atoms with Crippen molar-refractivity contribution in [2.45, 2.75) is 25.8 Å². The summed E-state index contributed by atoms with van der Waals surface area (Å²) in [6.45, 7) is 3.57. The van der Waals surface area contributed by atoms with E-state index in [2.05, 4.69) is 0 Å². The van der Waals surface area contributed by atoms with E-state index in [1.165, 1.54) is 0 Å². The first-order valence-electron chi connectivity index (χ1n) is 6.81. The lowest BCUT2D eigenvalue weighted by Gasteiger charge is -2.34. The zero-order valence-corrected chi connectivity index (χ0v) is 12.9. The monoisotopic (exact) mass is 298 g/mol. The van der Waals surface area contributed by atoms with Gasteiger partial charge in [-0.2, -0.15) is 0 Å². The minimum absolute atomic E-state index is 0. The molecule has 112 valence electrons. The molecule has 4 nitrogen and oxygen atoms in total. The number of nitrogens with zero attached hydrogens (tertiary/aromatic N) is 1. The van der Waals surface area contributed by atoms with Crippen LogP contribution in [-0.4, -0.2) is 37.0 Å². The fraction of sp³-hybridized carbons (Fsp3) is 0.533. The lowest BCUT2D eigenvalue weighted by molar-refractivity contribution is 0.0657. The molecular formula is C15H23ClN2O2. The highest BCUT2D eigenvalue weighted by atomic mass is 35.5. The number of halogens is 1. The lowest BCUT2D eigenvalue weighted by Crippen LogP contribution is -2.45. The number of para-hydroxylation sites is 1. The summed E-state index contributed by atoms with van der Waals surface area (Å²) in [6.07, 6.45) is 2.13. The number of methoxy groups -OCH3 is 1. The largest absolute Gasteiger partial charge is 0.496 e. The van der Waals surface area contributed by atoms with E-state index in [0.29, 0.717) is 17.2 Å². The van der Waals surface area contributed by atoms with Gasteiger partial charge in [0.15, 0.2) is 0 Å². The quantitative estimate of drug-likeness (QED) is 0.932. The Morgan fingerprint density at radius 3 is 2.80 bits per heavy atom. The zero-order chi connectivity index (χ0) is 13.8. The Labute approximate surface area is 126 Å². The fourth-order valence-electron chi connectivity index (χ4n) is 2.62. The predicted octanol–water partition coefficient (Wildman–Crippen LogP) is 2.32. The minimum atomic E-state index is 0. The van der Waals surface area contributed by atoms with E-state index < -0.39 is 0 Å². The SMILES string of the molecule is COc1ccccc1C(=O)N1CCCC(C(C)N)C1.Cl. The summed E-state index contributed by atoms with van der Waals surface area (Å²) in [6, 6.07) is 7.50. The summed E-state index contributed by atoms with van der Waals surface area (Å²) in [5.41, 5.74) is 6.60. The van der Waals surface area contributed by atoms with Crippen molar-refractivity contribution in [2.75, 3.05) is 20.2 Å². The molecule has 1 amide bonds. The number of nitrogens with two attached hydrogens (primary N) is 1. The standard InChI is InChI=1S/C15H22N2O2.ClH/c1-11(16)12-6-5-9-17(10-12)15(18)13-7-3-4-8-14(13)19-2;/h3-4,7-8,11-12H,5-6,9-10,16H2,1-2H3;1H. The number of likely N-dealkylation sites (tertiary alicyclic amines) is 1. The Morgan fingerprint density at radius 1 is 1.45 bits per heavy atom. The molecule has 0 radical (unpaired) electrons. The van der Waals surface area contributed by atoms with Crippen LogP contribution in [0.1, 0.15) is 30.1 Å². The molecule has 1 aromatic carbocycles. The van der Waals surface area contributed by atoms with E-state index in [1.54, 1.807) is 7.11 Å². The normalized spacial score (nSPS) is 19.9. The highest BCUT2D eigenvalue weighted by molar-refractivity contribution is 5.97. The third-order valence-corrected chi connectivity index (χ3v) is 3.83. The minimum Gasteiger partial charge on any atom is -0.496 e. The molecule has 0 bridgehead atoms. The fourth-order valence-corrected chi connectivity index (χ4v) is 2.62. The molecule has 2 atom stereocenters. The van der Waals surface area contributed by atoms with Crippen LogP contribution in [-0.2, 0) is 0 Å². The van der Waals surface area contributed by atoms with Crippen LogP contribution < -0.4 is 10.5 Å². The first-order chi connectivity index (χ1) is 9.13. The molecule has 1 aliphatic rings. The number of ether oxygens (including phenoxy) is 1. The summed E-state index contributed by atoms with van der Waals surface area (Å²) < 4.78 is 5.26. The van der Waals surface area contributed by atoms with E-state index in [-0.39, 0.29) is 24.4 Å². The third-order valence-electron chi connectivity index (χ3n) is 3.83. The van der Waals surface area contributed by atoms with Crippen LogP contribution in [0.2, 0.25) is 0 Å². The van der Waals surface area contributed by atoms with Crippen molar-refractivity contribution in [1.82, 2.24) is 4.90 Å². The second kappa shape index (κ2) is 7.50. The molecule has 0 spiro atoms. The summed E-state index contributed by atoms with van der Waals surface area (Å²) in [4.78, 5) is 14.5. The number of hydrogen-bond acceptors (Lipinski definition) is 3. The molecular weight excluding hydrogens is 276 g/mol. The average Bonchev–Trinajstić information content (AvgIpc) is 2.46. The molecule has 2 N–H and O–H groups in total. The van der Waals surface area contributed by atoms with Crippen LogP contribution in [0.5, 0.6) is 5.75 Å². The van der Waals surface area contributed by atoms with Gasteiger partial charge in [0.25, 0.3) is 5.91 Å². The van der Waals surface area contributed by atoms with E-state index in [4.69, 9.17) is 10.5 Å². The maximum Gasteiger partial charge on any atom is 0.257 e. The van der Waals surface area contributed by atoms with Gasteiger partial charge in [0.2, 0.25) is 0 Å². The van der Waals surface area contributed by atoms with Gasteiger partial charge < -0.3 is 15.4 Å². The second-order valence-corrected chi connectivity index (χ2v) is 5.21. The van der Waals surface area contributed by atoms with Crippen LogP contribution in [0.4, 0.5) is 0 Å². The maximum atomic E-state index is 12.6. The third kappa shape index (κ3) is 3.64. The van der Waals surface area contributed by atoms with Crippen molar-refractivity contribution in [1.29, 1.82) is 0 Å². The molecule has 5 heteroatoms. The van der Waals surface area contributed by atoms with E-state index in [9.17, 15) is 4.79 Å². The molecule has 20 heavy (non-hydrogen) atoms. The van der Waals surface area contributed by atoms with Gasteiger partial charge in [-0.25, -0.2) is 0 Å². The smallest absolute Gasteiger partial charge is 0.257 e. The number of piperidine rings is 1. The molecule has 0 aliphatic carbocycles. The molecule has 1 aromatic rings. The molecule has 1 saturated heterocycles. The topological polar surface area (TPSA) is 55.6 Å². The van der Waals surface area contributed by atoms with Gasteiger partial charge in [-0.15, -0.1) is 12.4 Å².